The number of Topliss-reactive ketones (excluding diaryl/α,β-unsaturated/α-hetero) is 1. The Morgan fingerprint density at radius 1 is 0.933 bits per heavy atom. The van der Waals surface area contributed by atoms with Crippen molar-refractivity contribution in [2.45, 2.75) is 62.0 Å². The number of nitrogens with one attached hydrogen (secondary N) is 2. The number of carbonyl (C=O) groups excluding carboxylic acids is 1. The van der Waals surface area contributed by atoms with Gasteiger partial charge in [0.25, 0.3) is 0 Å². The molecule has 3 heterocycles. The number of rotatable bonds is 9. The molecular weight excluding hydrogens is 590 g/mol. The molecule has 3 aromatic heterocycles. The normalized spacial score (nSPS) is 18.0. The molecule has 6 rings (SSSR count). The Kier molecular flexibility index (Phi) is 8.84. The molecule has 0 bridgehead atoms. The number of aliphatic hydroxyl groups is 1. The Bertz CT molecular complexity index is 1860. The molecule has 0 spiro atoms. The molecule has 45 heavy (non-hydrogen) atoms. The highest BCUT2D eigenvalue weighted by Crippen LogP contribution is 2.33. The second kappa shape index (κ2) is 13.1. The predicted molar refractivity (Wildman–Crippen MR) is 170 cm³/mol. The smallest absolute Gasteiger partial charge is 0.239 e. The largest absolute Gasteiger partial charge is 0.393 e. The molecular formula is C33H33N7O4S. The molecule has 0 unspecified atom stereocenters. The fourth-order valence-corrected chi connectivity index (χ4v) is 5.59. The van der Waals surface area contributed by atoms with E-state index in [0.29, 0.717) is 59.5 Å². The number of anilines is 3. The van der Waals surface area contributed by atoms with Crippen LogP contribution < -0.4 is 15.8 Å². The highest BCUT2D eigenvalue weighted by atomic mass is 32.2. The second-order valence-electron chi connectivity index (χ2n) is 11.5. The molecule has 0 amide bonds. The molecule has 2 fully saturated rings. The highest BCUT2D eigenvalue weighted by Gasteiger charge is 2.25. The maximum atomic E-state index is 12.4. The number of nitrogens with zero attached hydrogens (tertiary/aromatic N) is 4. The van der Waals surface area contributed by atoms with Crippen molar-refractivity contribution in [2.75, 3.05) is 10.6 Å². The van der Waals surface area contributed by atoms with Gasteiger partial charge in [-0.1, -0.05) is 5.92 Å². The minimum Gasteiger partial charge on any atom is -0.393 e. The van der Waals surface area contributed by atoms with Gasteiger partial charge in [-0.3, -0.25) is 9.78 Å². The number of nitrogens with two attached hydrogens (primary N) is 1. The summed E-state index contributed by atoms with van der Waals surface area (Å²) in [6, 6.07) is 14.0. The van der Waals surface area contributed by atoms with Crippen LogP contribution >= 0.6 is 0 Å². The number of sulfonamides is 1. The van der Waals surface area contributed by atoms with Crippen LogP contribution in [0.5, 0.6) is 0 Å². The second-order valence-corrected chi connectivity index (χ2v) is 13.0. The van der Waals surface area contributed by atoms with E-state index in [1.807, 2.05) is 24.3 Å². The number of benzene rings is 1. The third-order valence-corrected chi connectivity index (χ3v) is 8.79. The molecule has 0 saturated heterocycles. The average Bonchev–Trinajstić information content (AvgIpc) is 3.86. The first kappa shape index (κ1) is 30.3. The maximum absolute atomic E-state index is 12.4. The minimum atomic E-state index is -3.88. The molecule has 0 radical (unpaired) electrons. The lowest BCUT2D eigenvalue weighted by Crippen LogP contribution is -2.29. The predicted octanol–water partition coefficient (Wildman–Crippen LogP) is 4.42. The zero-order chi connectivity index (χ0) is 31.4. The van der Waals surface area contributed by atoms with Crippen LogP contribution in [0, 0.1) is 17.8 Å². The lowest BCUT2D eigenvalue weighted by atomic mass is 9.93. The summed E-state index contributed by atoms with van der Waals surface area (Å²) in [5.41, 5.74) is 3.82. The summed E-state index contributed by atoms with van der Waals surface area (Å²) < 4.78 is 23.4. The van der Waals surface area contributed by atoms with Gasteiger partial charge in [-0.15, -0.1) is 0 Å². The number of carbonyl (C=O) groups is 1. The fourth-order valence-electron chi connectivity index (χ4n) is 5.14. The zero-order valence-electron chi connectivity index (χ0n) is 24.5. The van der Waals surface area contributed by atoms with Gasteiger partial charge in [0.05, 0.1) is 17.4 Å². The van der Waals surface area contributed by atoms with Crippen molar-refractivity contribution < 1.29 is 18.3 Å². The molecule has 2 aliphatic rings. The third kappa shape index (κ3) is 8.07. The quantitative estimate of drug-likeness (QED) is 0.154. The number of aromatic nitrogens is 4. The van der Waals surface area contributed by atoms with E-state index in [4.69, 9.17) is 10.1 Å². The van der Waals surface area contributed by atoms with Crippen LogP contribution in [0.4, 0.5) is 17.5 Å². The number of hydrogen-bond donors (Lipinski definition) is 4. The monoisotopic (exact) mass is 623 g/mol. The minimum absolute atomic E-state index is 0.0851. The SMILES string of the molecule is NS(=O)(=O)c1ccc(-c2cnc(Nc3ccc(C#Cc4cc(C(=O)CC5CC5)ccn4)cc3)nc2NC2CCC(O)CC2)nc1. The van der Waals surface area contributed by atoms with Crippen molar-refractivity contribution in [1.29, 1.82) is 0 Å². The molecule has 1 aromatic carbocycles. The maximum Gasteiger partial charge on any atom is 0.239 e. The van der Waals surface area contributed by atoms with E-state index in [2.05, 4.69) is 37.4 Å². The van der Waals surface area contributed by atoms with Crippen molar-refractivity contribution in [2.24, 2.45) is 11.1 Å². The van der Waals surface area contributed by atoms with E-state index < -0.39 is 10.0 Å². The number of ketones is 1. The molecule has 4 aromatic rings. The first-order chi connectivity index (χ1) is 21.7. The van der Waals surface area contributed by atoms with Crippen molar-refractivity contribution in [1.82, 2.24) is 19.9 Å². The molecule has 2 saturated carbocycles. The van der Waals surface area contributed by atoms with Gasteiger partial charge in [-0.25, -0.2) is 23.5 Å². The van der Waals surface area contributed by atoms with Crippen LogP contribution in [0.3, 0.4) is 0 Å². The van der Waals surface area contributed by atoms with Gasteiger partial charge in [0, 0.05) is 47.9 Å². The summed E-state index contributed by atoms with van der Waals surface area (Å²) in [7, 11) is -3.88. The van der Waals surface area contributed by atoms with Gasteiger partial charge in [-0.2, -0.15) is 4.98 Å². The summed E-state index contributed by atoms with van der Waals surface area (Å²) in [6.07, 6.45) is 9.97. The van der Waals surface area contributed by atoms with Crippen LogP contribution in [-0.2, 0) is 10.0 Å². The molecule has 0 atom stereocenters. The van der Waals surface area contributed by atoms with E-state index in [0.717, 1.165) is 36.9 Å². The van der Waals surface area contributed by atoms with Crippen molar-refractivity contribution in [3.8, 4) is 23.1 Å². The van der Waals surface area contributed by atoms with Crippen LogP contribution in [0.25, 0.3) is 11.3 Å². The summed E-state index contributed by atoms with van der Waals surface area (Å²) >= 11 is 0. The highest BCUT2D eigenvalue weighted by molar-refractivity contribution is 7.89. The van der Waals surface area contributed by atoms with E-state index in [-0.39, 0.29) is 22.8 Å². The van der Waals surface area contributed by atoms with E-state index in [1.54, 1.807) is 30.6 Å². The Balaban J connectivity index is 1.18. The van der Waals surface area contributed by atoms with Gasteiger partial charge >= 0.3 is 0 Å². The van der Waals surface area contributed by atoms with Crippen LogP contribution in [-0.4, -0.2) is 51.4 Å². The Morgan fingerprint density at radius 3 is 2.40 bits per heavy atom. The molecule has 0 aliphatic heterocycles. The number of aliphatic hydroxyl groups excluding tert-OH is 1. The third-order valence-electron chi connectivity index (χ3n) is 7.90. The number of pyridine rings is 2. The first-order valence-electron chi connectivity index (χ1n) is 14.9. The van der Waals surface area contributed by atoms with Crippen LogP contribution in [0.15, 0.2) is 72.0 Å². The first-order valence-corrected chi connectivity index (χ1v) is 16.4. The van der Waals surface area contributed by atoms with Gasteiger partial charge in [0.15, 0.2) is 5.78 Å². The van der Waals surface area contributed by atoms with Crippen molar-refractivity contribution in [3.05, 3.63) is 83.9 Å². The summed E-state index contributed by atoms with van der Waals surface area (Å²) in [4.78, 5) is 30.2. The van der Waals surface area contributed by atoms with Gasteiger partial charge in [-0.05, 0) is 98.9 Å². The topological polar surface area (TPSA) is 173 Å². The Hall–Kier alpha value is -4.70. The Labute approximate surface area is 261 Å². The van der Waals surface area contributed by atoms with Crippen molar-refractivity contribution in [3.63, 3.8) is 0 Å². The summed E-state index contributed by atoms with van der Waals surface area (Å²) in [5, 5.41) is 21.9. The zero-order valence-corrected chi connectivity index (χ0v) is 25.3. The summed E-state index contributed by atoms with van der Waals surface area (Å²) in [5.74, 6) is 7.71. The van der Waals surface area contributed by atoms with Gasteiger partial charge < -0.3 is 15.7 Å². The lowest BCUT2D eigenvalue weighted by Gasteiger charge is -2.27. The Morgan fingerprint density at radius 2 is 1.71 bits per heavy atom. The van der Waals surface area contributed by atoms with Gasteiger partial charge in [0.1, 0.15) is 16.4 Å². The van der Waals surface area contributed by atoms with E-state index in [9.17, 15) is 18.3 Å². The van der Waals surface area contributed by atoms with E-state index >= 15 is 0 Å². The standard InChI is InChI=1S/C33H33N7O4S/c34-45(43,44)28-13-14-30(36-19-28)29-20-37-33(40-32(29)38-24-9-11-27(41)12-10-24)39-25-6-3-21(4-7-25)5-8-26-18-23(15-16-35-26)31(42)17-22-1-2-22/h3-4,6-7,13-16,18-20,22,24,27,41H,1-2,9-12,17H2,(H2,34,43,44)(H2,37,38,39,40). The molecule has 5 N–H and O–H groups in total. The summed E-state index contributed by atoms with van der Waals surface area (Å²) in [6.45, 7) is 0. The van der Waals surface area contributed by atoms with E-state index in [1.165, 1.54) is 12.3 Å². The van der Waals surface area contributed by atoms with Crippen molar-refractivity contribution >= 4 is 33.3 Å². The number of hydrogen-bond acceptors (Lipinski definition) is 10. The molecule has 2 aliphatic carbocycles. The molecule has 230 valence electrons. The van der Waals surface area contributed by atoms with Crippen LogP contribution in [0.2, 0.25) is 0 Å². The van der Waals surface area contributed by atoms with Crippen LogP contribution in [0.1, 0.15) is 66.6 Å². The molecule has 12 heteroatoms. The number of primary sulfonamides is 1. The molecule has 11 nitrogen and oxygen atoms in total. The van der Waals surface area contributed by atoms with Gasteiger partial charge in [0.2, 0.25) is 16.0 Å². The fraction of sp³-hybridized carbons (Fsp3) is 0.303. The lowest BCUT2D eigenvalue weighted by molar-refractivity contribution is 0.0976. The average molecular weight is 624 g/mol.